The predicted molar refractivity (Wildman–Crippen MR) is 119 cm³/mol. The number of piperazine rings is 1. The molecule has 7 heteroatoms. The molecule has 0 amide bonds. The molecular formula is C23H34N4O3. The van der Waals surface area contributed by atoms with Crippen LogP contribution >= 0.6 is 0 Å². The molecule has 0 atom stereocenters. The van der Waals surface area contributed by atoms with Crippen molar-refractivity contribution in [3.8, 4) is 17.5 Å². The first kappa shape index (κ1) is 20.9. The minimum atomic E-state index is 0.160. The molecule has 0 bridgehead atoms. The molecule has 1 saturated heterocycles. The van der Waals surface area contributed by atoms with E-state index in [0.717, 1.165) is 56.1 Å². The molecule has 1 aromatic heterocycles. The summed E-state index contributed by atoms with van der Waals surface area (Å²) < 4.78 is 7.14. The number of ether oxygens (including phenoxy) is 1. The molecule has 30 heavy (non-hydrogen) atoms. The number of aromatic nitrogens is 1. The third-order valence-corrected chi connectivity index (χ3v) is 6.37. The van der Waals surface area contributed by atoms with Crippen LogP contribution in [0.2, 0.25) is 0 Å². The molecular weight excluding hydrogens is 380 g/mol. The summed E-state index contributed by atoms with van der Waals surface area (Å²) >= 11 is 0. The summed E-state index contributed by atoms with van der Waals surface area (Å²) in [5.41, 5.74) is 1.97. The topological polar surface area (TPSA) is 64.3 Å². The molecule has 1 aliphatic carbocycles. The van der Waals surface area contributed by atoms with Gasteiger partial charge in [0.15, 0.2) is 11.8 Å². The Kier molecular flexibility index (Phi) is 6.39. The van der Waals surface area contributed by atoms with Crippen molar-refractivity contribution in [2.24, 2.45) is 0 Å². The van der Waals surface area contributed by atoms with Crippen molar-refractivity contribution < 1.29 is 14.9 Å². The van der Waals surface area contributed by atoms with Gasteiger partial charge in [0.25, 0.3) is 0 Å². The maximum atomic E-state index is 10.6. The Morgan fingerprint density at radius 3 is 2.50 bits per heavy atom. The predicted octanol–water partition coefficient (Wildman–Crippen LogP) is 2.71. The summed E-state index contributed by atoms with van der Waals surface area (Å²) in [6.07, 6.45) is 3.35. The first-order chi connectivity index (χ1) is 14.6. The van der Waals surface area contributed by atoms with Crippen LogP contribution in [-0.4, -0.2) is 77.5 Å². The molecule has 2 N–H and O–H groups in total. The van der Waals surface area contributed by atoms with Gasteiger partial charge in [-0.2, -0.15) is 0 Å². The van der Waals surface area contributed by atoms with E-state index in [9.17, 15) is 10.2 Å². The molecule has 1 aromatic carbocycles. The van der Waals surface area contributed by atoms with Crippen LogP contribution in [0, 0.1) is 0 Å². The zero-order valence-electron chi connectivity index (χ0n) is 18.1. The van der Waals surface area contributed by atoms with E-state index in [1.165, 1.54) is 12.8 Å². The van der Waals surface area contributed by atoms with Gasteiger partial charge in [0, 0.05) is 56.9 Å². The Morgan fingerprint density at radius 2 is 1.80 bits per heavy atom. The number of para-hydroxylation sites is 2. The molecule has 0 unspecified atom stereocenters. The van der Waals surface area contributed by atoms with Gasteiger partial charge in [-0.25, -0.2) is 0 Å². The lowest BCUT2D eigenvalue weighted by molar-refractivity contribution is 0.245. The Bertz CT molecular complexity index is 841. The summed E-state index contributed by atoms with van der Waals surface area (Å²) in [6.45, 7) is 6.20. The number of nitrogens with zero attached hydrogens (tertiary/aromatic N) is 4. The van der Waals surface area contributed by atoms with Crippen LogP contribution in [0.3, 0.4) is 0 Å². The van der Waals surface area contributed by atoms with Crippen molar-refractivity contribution in [1.82, 2.24) is 14.4 Å². The van der Waals surface area contributed by atoms with Crippen molar-refractivity contribution in [1.29, 1.82) is 0 Å². The largest absolute Gasteiger partial charge is 0.495 e. The molecule has 1 saturated carbocycles. The van der Waals surface area contributed by atoms with Gasteiger partial charge in [-0.15, -0.1) is 0 Å². The van der Waals surface area contributed by atoms with Crippen LogP contribution < -0.4 is 9.64 Å². The van der Waals surface area contributed by atoms with Gasteiger partial charge in [0.05, 0.1) is 12.8 Å². The summed E-state index contributed by atoms with van der Waals surface area (Å²) in [7, 11) is 3.80. The van der Waals surface area contributed by atoms with E-state index in [1.807, 2.05) is 12.1 Å². The molecule has 4 rings (SSSR count). The normalized spacial score (nSPS) is 17.6. The highest BCUT2D eigenvalue weighted by Crippen LogP contribution is 2.32. The summed E-state index contributed by atoms with van der Waals surface area (Å²) in [6, 6.07) is 10.5. The number of rotatable bonds is 9. The lowest BCUT2D eigenvalue weighted by atomic mass is 10.2. The minimum Gasteiger partial charge on any atom is -0.495 e. The van der Waals surface area contributed by atoms with Crippen molar-refractivity contribution in [3.05, 3.63) is 35.9 Å². The third kappa shape index (κ3) is 4.68. The van der Waals surface area contributed by atoms with Gasteiger partial charge in [-0.05, 0) is 45.0 Å². The molecule has 2 aromatic rings. The highest BCUT2D eigenvalue weighted by molar-refractivity contribution is 5.58. The number of aromatic hydroxyl groups is 2. The smallest absolute Gasteiger partial charge is 0.198 e. The molecule has 2 aliphatic rings. The summed E-state index contributed by atoms with van der Waals surface area (Å²) in [4.78, 5) is 7.08. The lowest BCUT2D eigenvalue weighted by Gasteiger charge is -2.36. The van der Waals surface area contributed by atoms with E-state index in [4.69, 9.17) is 4.74 Å². The first-order valence-corrected chi connectivity index (χ1v) is 11.0. The second-order valence-electron chi connectivity index (χ2n) is 8.50. The van der Waals surface area contributed by atoms with Crippen molar-refractivity contribution in [3.63, 3.8) is 0 Å². The maximum absolute atomic E-state index is 10.6. The van der Waals surface area contributed by atoms with Crippen LogP contribution in [0.1, 0.15) is 24.8 Å². The Balaban J connectivity index is 1.25. The van der Waals surface area contributed by atoms with Crippen molar-refractivity contribution in [2.75, 3.05) is 51.8 Å². The second-order valence-corrected chi connectivity index (χ2v) is 8.50. The Morgan fingerprint density at radius 1 is 1.07 bits per heavy atom. The Labute approximate surface area is 179 Å². The van der Waals surface area contributed by atoms with Crippen molar-refractivity contribution in [2.45, 2.75) is 38.4 Å². The van der Waals surface area contributed by atoms with E-state index >= 15 is 0 Å². The van der Waals surface area contributed by atoms with Gasteiger partial charge in [0.1, 0.15) is 5.75 Å². The van der Waals surface area contributed by atoms with Gasteiger partial charge < -0.3 is 19.8 Å². The molecule has 164 valence electrons. The SMILES string of the molecule is COc1ccccc1N1CCN(CCCn2c(O)cc(CN(C)C3CC3)c2O)CC1. The summed E-state index contributed by atoms with van der Waals surface area (Å²) in [5.74, 6) is 1.29. The van der Waals surface area contributed by atoms with E-state index < -0.39 is 0 Å². The molecule has 0 spiro atoms. The quantitative estimate of drug-likeness (QED) is 0.658. The van der Waals surface area contributed by atoms with Gasteiger partial charge in [-0.3, -0.25) is 14.4 Å². The molecule has 2 heterocycles. The van der Waals surface area contributed by atoms with Crippen LogP contribution in [0.25, 0.3) is 0 Å². The number of benzene rings is 1. The fourth-order valence-corrected chi connectivity index (χ4v) is 4.39. The highest BCUT2D eigenvalue weighted by atomic mass is 16.5. The van der Waals surface area contributed by atoms with Crippen LogP contribution in [-0.2, 0) is 13.1 Å². The minimum absolute atomic E-state index is 0.160. The third-order valence-electron chi connectivity index (χ3n) is 6.37. The monoisotopic (exact) mass is 414 g/mol. The zero-order chi connectivity index (χ0) is 21.1. The number of anilines is 1. The highest BCUT2D eigenvalue weighted by Gasteiger charge is 2.27. The van der Waals surface area contributed by atoms with E-state index in [1.54, 1.807) is 17.7 Å². The summed E-state index contributed by atoms with van der Waals surface area (Å²) in [5, 5.41) is 20.8. The average Bonchev–Trinajstić information content (AvgIpc) is 3.58. The fourth-order valence-electron chi connectivity index (χ4n) is 4.39. The lowest BCUT2D eigenvalue weighted by Crippen LogP contribution is -2.46. The van der Waals surface area contributed by atoms with E-state index in [2.05, 4.69) is 33.9 Å². The first-order valence-electron chi connectivity index (χ1n) is 11.0. The second kappa shape index (κ2) is 9.18. The molecule has 1 aliphatic heterocycles. The van der Waals surface area contributed by atoms with Gasteiger partial charge in [-0.1, -0.05) is 12.1 Å². The van der Waals surface area contributed by atoms with Gasteiger partial charge >= 0.3 is 0 Å². The van der Waals surface area contributed by atoms with Crippen LogP contribution in [0.5, 0.6) is 17.5 Å². The zero-order valence-corrected chi connectivity index (χ0v) is 18.1. The van der Waals surface area contributed by atoms with Gasteiger partial charge in [0.2, 0.25) is 0 Å². The standard InChI is InChI=1S/C23H34N4O3/c1-24(19-8-9-19)17-18-16-22(28)27(23(18)29)11-5-10-25-12-14-26(15-13-25)20-6-3-4-7-21(20)30-2/h3-4,6-7,16,19,28-29H,5,8-15,17H2,1-2H3. The maximum Gasteiger partial charge on any atom is 0.198 e. The number of hydrogen-bond acceptors (Lipinski definition) is 6. The van der Waals surface area contributed by atoms with Crippen LogP contribution in [0.15, 0.2) is 30.3 Å². The van der Waals surface area contributed by atoms with E-state index in [0.29, 0.717) is 19.1 Å². The average molecular weight is 415 g/mol. The fraction of sp³-hybridized carbons (Fsp3) is 0.565. The molecule has 7 nitrogen and oxygen atoms in total. The van der Waals surface area contributed by atoms with E-state index in [-0.39, 0.29) is 11.8 Å². The number of hydrogen-bond donors (Lipinski definition) is 2. The number of methoxy groups -OCH3 is 1. The van der Waals surface area contributed by atoms with Crippen LogP contribution in [0.4, 0.5) is 5.69 Å². The molecule has 0 radical (unpaired) electrons. The Hall–Kier alpha value is -2.38. The van der Waals surface area contributed by atoms with Crippen molar-refractivity contribution >= 4 is 5.69 Å². The molecule has 2 fully saturated rings.